The highest BCUT2D eigenvalue weighted by molar-refractivity contribution is 5.66. The van der Waals surface area contributed by atoms with Gasteiger partial charge in [-0.1, -0.05) is 38.8 Å². The molecule has 0 bridgehead atoms. The summed E-state index contributed by atoms with van der Waals surface area (Å²) in [6.45, 7) is 5.66. The molecule has 0 amide bonds. The number of ether oxygens (including phenoxy) is 1. The van der Waals surface area contributed by atoms with Gasteiger partial charge in [0.2, 0.25) is 0 Å². The molecule has 0 saturated heterocycles. The van der Waals surface area contributed by atoms with Gasteiger partial charge in [0.15, 0.2) is 0 Å². The molecule has 2 atom stereocenters. The van der Waals surface area contributed by atoms with Crippen LogP contribution in [0, 0.1) is 5.92 Å². The van der Waals surface area contributed by atoms with Gasteiger partial charge in [0.25, 0.3) is 0 Å². The molecule has 1 heterocycles. The Morgan fingerprint density at radius 1 is 1.50 bits per heavy atom. The smallest absolute Gasteiger partial charge is 0.142 e. The molecule has 0 aliphatic carbocycles. The second kappa shape index (κ2) is 4.77. The summed E-state index contributed by atoms with van der Waals surface area (Å²) in [4.78, 5) is 0. The van der Waals surface area contributed by atoms with Crippen molar-refractivity contribution < 1.29 is 4.74 Å². The van der Waals surface area contributed by atoms with Gasteiger partial charge in [-0.05, 0) is 17.5 Å². The normalized spacial score (nSPS) is 20.1. The third kappa shape index (κ3) is 1.89. The maximum absolute atomic E-state index is 5.38. The number of rotatable bonds is 4. The first-order valence-electron chi connectivity index (χ1n) is 6.18. The van der Waals surface area contributed by atoms with E-state index in [1.165, 1.54) is 24.1 Å². The topological polar surface area (TPSA) is 21.3 Å². The van der Waals surface area contributed by atoms with E-state index in [0.29, 0.717) is 5.92 Å². The fourth-order valence-corrected chi connectivity index (χ4v) is 2.70. The van der Waals surface area contributed by atoms with E-state index in [0.717, 1.165) is 18.2 Å². The zero-order valence-electron chi connectivity index (χ0n) is 10.4. The molecule has 1 N–H and O–H groups in total. The highest BCUT2D eigenvalue weighted by atomic mass is 16.5. The van der Waals surface area contributed by atoms with E-state index < -0.39 is 0 Å². The number of nitrogens with one attached hydrogen (secondary N) is 1. The zero-order valence-corrected chi connectivity index (χ0v) is 10.4. The number of fused-ring (bicyclic) bond motifs is 1. The molecule has 1 aromatic rings. The van der Waals surface area contributed by atoms with E-state index in [-0.39, 0.29) is 0 Å². The summed E-state index contributed by atoms with van der Waals surface area (Å²) >= 11 is 0. The van der Waals surface area contributed by atoms with Crippen LogP contribution in [0.1, 0.15) is 38.2 Å². The molecule has 0 saturated carbocycles. The first-order valence-corrected chi connectivity index (χ1v) is 6.18. The number of hydrogen-bond acceptors (Lipinski definition) is 2. The molecular formula is C14H21NO. The van der Waals surface area contributed by atoms with Crippen LogP contribution in [0.25, 0.3) is 0 Å². The van der Waals surface area contributed by atoms with Crippen LogP contribution in [-0.2, 0) is 0 Å². The molecule has 0 radical (unpaired) electrons. The number of benzene rings is 1. The molecule has 1 aliphatic heterocycles. The Labute approximate surface area is 98.0 Å². The molecule has 16 heavy (non-hydrogen) atoms. The minimum absolute atomic E-state index is 0.644. The Kier molecular flexibility index (Phi) is 3.37. The van der Waals surface area contributed by atoms with Gasteiger partial charge in [0.05, 0.1) is 12.8 Å². The van der Waals surface area contributed by atoms with Crippen LogP contribution in [0.15, 0.2) is 18.2 Å². The number of anilines is 1. The van der Waals surface area contributed by atoms with E-state index in [1.807, 2.05) is 6.07 Å². The van der Waals surface area contributed by atoms with Crippen molar-refractivity contribution in [1.82, 2.24) is 0 Å². The minimum atomic E-state index is 0.644. The lowest BCUT2D eigenvalue weighted by Crippen LogP contribution is -2.11. The van der Waals surface area contributed by atoms with E-state index >= 15 is 0 Å². The molecule has 88 valence electrons. The molecule has 0 aromatic heterocycles. The monoisotopic (exact) mass is 219 g/mol. The van der Waals surface area contributed by atoms with E-state index in [4.69, 9.17) is 4.74 Å². The Hall–Kier alpha value is -1.18. The van der Waals surface area contributed by atoms with Crippen LogP contribution in [0.3, 0.4) is 0 Å². The van der Waals surface area contributed by atoms with Gasteiger partial charge in [-0.3, -0.25) is 0 Å². The van der Waals surface area contributed by atoms with Crippen LogP contribution in [0.2, 0.25) is 0 Å². The van der Waals surface area contributed by atoms with Gasteiger partial charge in [-0.15, -0.1) is 0 Å². The molecule has 2 heteroatoms. The van der Waals surface area contributed by atoms with Crippen molar-refractivity contribution in [3.63, 3.8) is 0 Å². The summed E-state index contributed by atoms with van der Waals surface area (Å²) in [6.07, 6.45) is 2.56. The summed E-state index contributed by atoms with van der Waals surface area (Å²) in [5.41, 5.74) is 2.64. The minimum Gasteiger partial charge on any atom is -0.495 e. The number of para-hydroxylation sites is 1. The van der Waals surface area contributed by atoms with Crippen molar-refractivity contribution in [2.24, 2.45) is 5.92 Å². The summed E-state index contributed by atoms with van der Waals surface area (Å²) in [6, 6.07) is 6.35. The van der Waals surface area contributed by atoms with E-state index in [2.05, 4.69) is 31.3 Å². The molecule has 1 aromatic carbocycles. The predicted molar refractivity (Wildman–Crippen MR) is 68.3 cm³/mol. The van der Waals surface area contributed by atoms with Gasteiger partial charge in [-0.25, -0.2) is 0 Å². The van der Waals surface area contributed by atoms with Crippen molar-refractivity contribution in [3.05, 3.63) is 23.8 Å². The van der Waals surface area contributed by atoms with Gasteiger partial charge in [0, 0.05) is 12.5 Å². The lowest BCUT2D eigenvalue weighted by Gasteiger charge is -2.18. The summed E-state index contributed by atoms with van der Waals surface area (Å²) in [5.74, 6) is 2.36. The Morgan fingerprint density at radius 2 is 2.31 bits per heavy atom. The summed E-state index contributed by atoms with van der Waals surface area (Å²) in [5, 5.41) is 3.48. The van der Waals surface area contributed by atoms with Gasteiger partial charge in [0.1, 0.15) is 5.75 Å². The maximum atomic E-state index is 5.38. The Balaban J connectivity index is 2.26. The molecule has 0 spiro atoms. The highest BCUT2D eigenvalue weighted by Gasteiger charge is 2.28. The van der Waals surface area contributed by atoms with Crippen LogP contribution in [0.5, 0.6) is 5.75 Å². The molecule has 2 rings (SSSR count). The second-order valence-corrected chi connectivity index (χ2v) is 4.68. The highest BCUT2D eigenvalue weighted by Crippen LogP contribution is 2.42. The zero-order chi connectivity index (χ0) is 11.5. The number of methoxy groups -OCH3 is 1. The van der Waals surface area contributed by atoms with E-state index in [1.54, 1.807) is 7.11 Å². The molecular weight excluding hydrogens is 198 g/mol. The fraction of sp³-hybridized carbons (Fsp3) is 0.571. The number of hydrogen-bond donors (Lipinski definition) is 1. The average Bonchev–Trinajstić information content (AvgIpc) is 2.72. The quantitative estimate of drug-likeness (QED) is 0.834. The van der Waals surface area contributed by atoms with Gasteiger partial charge >= 0.3 is 0 Å². The van der Waals surface area contributed by atoms with Crippen molar-refractivity contribution >= 4 is 5.69 Å². The second-order valence-electron chi connectivity index (χ2n) is 4.68. The van der Waals surface area contributed by atoms with Crippen LogP contribution >= 0.6 is 0 Å². The molecule has 0 fully saturated rings. The van der Waals surface area contributed by atoms with Crippen molar-refractivity contribution in [3.8, 4) is 5.75 Å². The fourth-order valence-electron chi connectivity index (χ4n) is 2.70. The molecule has 2 unspecified atom stereocenters. The van der Waals surface area contributed by atoms with Crippen molar-refractivity contribution in [2.45, 2.75) is 32.6 Å². The standard InChI is InChI=1S/C14H21NO/c1-4-6-10(2)12-9-15-14-11(12)7-5-8-13(14)16-3/h5,7-8,10,12,15H,4,6,9H2,1-3H3. The van der Waals surface area contributed by atoms with Crippen LogP contribution in [-0.4, -0.2) is 13.7 Å². The lowest BCUT2D eigenvalue weighted by atomic mass is 9.86. The molecule has 2 nitrogen and oxygen atoms in total. The predicted octanol–water partition coefficient (Wildman–Crippen LogP) is 3.64. The lowest BCUT2D eigenvalue weighted by molar-refractivity contribution is 0.416. The van der Waals surface area contributed by atoms with Crippen molar-refractivity contribution in [1.29, 1.82) is 0 Å². The third-order valence-corrected chi connectivity index (χ3v) is 3.61. The molecule has 1 aliphatic rings. The SMILES string of the molecule is CCCC(C)C1CNc2c(OC)cccc21. The largest absolute Gasteiger partial charge is 0.495 e. The van der Waals surface area contributed by atoms with Crippen LogP contribution in [0.4, 0.5) is 5.69 Å². The third-order valence-electron chi connectivity index (χ3n) is 3.61. The first kappa shape index (κ1) is 11.3. The maximum Gasteiger partial charge on any atom is 0.142 e. The van der Waals surface area contributed by atoms with Crippen molar-refractivity contribution in [2.75, 3.05) is 19.0 Å². The van der Waals surface area contributed by atoms with E-state index in [9.17, 15) is 0 Å². The first-order chi connectivity index (χ1) is 7.77. The van der Waals surface area contributed by atoms with Gasteiger partial charge in [-0.2, -0.15) is 0 Å². The average molecular weight is 219 g/mol. The van der Waals surface area contributed by atoms with Crippen LogP contribution < -0.4 is 10.1 Å². The Morgan fingerprint density at radius 3 is 3.00 bits per heavy atom. The van der Waals surface area contributed by atoms with Gasteiger partial charge < -0.3 is 10.1 Å². The summed E-state index contributed by atoms with van der Waals surface area (Å²) < 4.78 is 5.38. The summed E-state index contributed by atoms with van der Waals surface area (Å²) in [7, 11) is 1.74. The Bertz CT molecular complexity index is 362.